The Kier molecular flexibility index (Phi) is 5.02. The van der Waals surface area contributed by atoms with Gasteiger partial charge in [-0.25, -0.2) is 0 Å². The molecule has 7 rings (SSSR count). The molecule has 0 N–H and O–H groups in total. The second kappa shape index (κ2) is 7.69. The molecular formula is C33H38O2. The Hall–Kier alpha value is -2.61. The van der Waals surface area contributed by atoms with Crippen molar-refractivity contribution in [1.29, 1.82) is 0 Å². The highest BCUT2D eigenvalue weighted by Gasteiger charge is 2.71. The Bertz CT molecular complexity index is 1110. The number of carbonyl (C=O) groups excluding carboxylic acids is 1. The molecule has 4 bridgehead atoms. The molecule has 0 saturated heterocycles. The van der Waals surface area contributed by atoms with Crippen molar-refractivity contribution in [2.24, 2.45) is 16.7 Å². The Morgan fingerprint density at radius 2 is 1.34 bits per heavy atom. The van der Waals surface area contributed by atoms with E-state index < -0.39 is 11.0 Å². The van der Waals surface area contributed by atoms with Crippen LogP contribution in [0.2, 0.25) is 0 Å². The van der Waals surface area contributed by atoms with Gasteiger partial charge in [0.15, 0.2) is 0 Å². The first-order valence-electron chi connectivity index (χ1n) is 13.4. The van der Waals surface area contributed by atoms with Gasteiger partial charge < -0.3 is 4.74 Å². The molecular weight excluding hydrogens is 428 g/mol. The zero-order valence-electron chi connectivity index (χ0n) is 21.4. The van der Waals surface area contributed by atoms with Crippen molar-refractivity contribution in [3.8, 4) is 0 Å². The lowest BCUT2D eigenvalue weighted by atomic mass is 9.34. The quantitative estimate of drug-likeness (QED) is 0.432. The summed E-state index contributed by atoms with van der Waals surface area (Å²) < 4.78 is 6.74. The van der Waals surface area contributed by atoms with Gasteiger partial charge in [-0.2, -0.15) is 0 Å². The first-order valence-corrected chi connectivity index (χ1v) is 13.4. The zero-order valence-corrected chi connectivity index (χ0v) is 21.4. The third-order valence-corrected chi connectivity index (χ3v) is 9.51. The fraction of sp³-hybridized carbons (Fsp3) is 0.485. The number of carbonyl (C=O) groups is 1. The normalized spacial score (nSPS) is 37.4. The molecule has 0 radical (unpaired) electrons. The lowest BCUT2D eigenvalue weighted by Crippen LogP contribution is -2.69. The van der Waals surface area contributed by atoms with Gasteiger partial charge in [-0.05, 0) is 88.2 Å². The van der Waals surface area contributed by atoms with Gasteiger partial charge in [0.2, 0.25) is 0 Å². The molecule has 0 aliphatic heterocycles. The van der Waals surface area contributed by atoms with Crippen LogP contribution in [0, 0.1) is 16.7 Å². The fourth-order valence-electron chi connectivity index (χ4n) is 8.70. The second-order valence-corrected chi connectivity index (χ2v) is 13.2. The Morgan fingerprint density at radius 1 is 0.771 bits per heavy atom. The number of allylic oxidation sites excluding steroid dienone is 4. The van der Waals surface area contributed by atoms with Crippen LogP contribution >= 0.6 is 0 Å². The molecule has 182 valence electrons. The van der Waals surface area contributed by atoms with E-state index in [-0.39, 0.29) is 22.2 Å². The van der Waals surface area contributed by atoms with Crippen LogP contribution in [-0.2, 0) is 20.4 Å². The van der Waals surface area contributed by atoms with E-state index >= 15 is 0 Å². The maximum atomic E-state index is 13.5. The number of rotatable bonds is 4. The monoisotopic (exact) mass is 466 g/mol. The average Bonchev–Trinajstić information content (AvgIpc) is 2.84. The molecule has 2 aromatic rings. The maximum Gasteiger partial charge on any atom is 0.311 e. The van der Waals surface area contributed by atoms with Crippen molar-refractivity contribution in [3.05, 3.63) is 96.1 Å². The van der Waals surface area contributed by atoms with Gasteiger partial charge in [0.1, 0.15) is 5.60 Å². The van der Waals surface area contributed by atoms with E-state index in [2.05, 4.69) is 85.0 Å². The largest absolute Gasteiger partial charge is 0.459 e. The number of hydrogen-bond acceptors (Lipinski definition) is 2. The standard InChI is InChI=1S/C33H38O2/c1-29(2,3)28(34)35-33-22-30(25-13-7-4-8-14-25)19-31(23-33,26-15-9-5-10-16-26)21-32(20-30,24-33)27-17-11-6-12-18-27/h4-17,27H,18-24H2,1-3H3. The lowest BCUT2D eigenvalue weighted by Gasteiger charge is -2.71. The second-order valence-electron chi connectivity index (χ2n) is 13.2. The first-order chi connectivity index (χ1) is 16.7. The van der Waals surface area contributed by atoms with Crippen LogP contribution in [0.15, 0.2) is 85.0 Å². The van der Waals surface area contributed by atoms with E-state index in [0.717, 1.165) is 32.1 Å². The van der Waals surface area contributed by atoms with E-state index in [1.807, 2.05) is 20.8 Å². The minimum atomic E-state index is -0.510. The summed E-state index contributed by atoms with van der Waals surface area (Å²) in [4.78, 5) is 13.5. The molecule has 0 amide bonds. The van der Waals surface area contributed by atoms with Crippen LogP contribution in [0.1, 0.15) is 76.8 Å². The van der Waals surface area contributed by atoms with Crippen molar-refractivity contribution >= 4 is 5.97 Å². The highest BCUT2D eigenvalue weighted by Crippen LogP contribution is 2.74. The molecule has 35 heavy (non-hydrogen) atoms. The Labute approximate surface area is 210 Å². The summed E-state index contributed by atoms with van der Waals surface area (Å²) >= 11 is 0. The molecule has 4 fully saturated rings. The number of benzene rings is 2. The summed E-state index contributed by atoms with van der Waals surface area (Å²) in [7, 11) is 0. The van der Waals surface area contributed by atoms with Gasteiger partial charge in [0.05, 0.1) is 5.41 Å². The Morgan fingerprint density at radius 3 is 1.83 bits per heavy atom. The molecule has 0 heterocycles. The van der Waals surface area contributed by atoms with E-state index in [1.165, 1.54) is 24.0 Å². The van der Waals surface area contributed by atoms with Crippen LogP contribution in [0.25, 0.3) is 0 Å². The summed E-state index contributed by atoms with van der Waals surface area (Å²) in [6.45, 7) is 5.96. The molecule has 4 saturated carbocycles. The molecule has 2 aromatic carbocycles. The molecule has 3 unspecified atom stereocenters. The molecule has 5 aliphatic rings. The summed E-state index contributed by atoms with van der Waals surface area (Å²) in [5, 5.41) is 0. The van der Waals surface area contributed by atoms with Crippen LogP contribution in [0.4, 0.5) is 0 Å². The van der Waals surface area contributed by atoms with Gasteiger partial charge in [0, 0.05) is 10.8 Å². The summed E-state index contributed by atoms with van der Waals surface area (Å²) in [5.41, 5.74) is 2.05. The van der Waals surface area contributed by atoms with E-state index in [4.69, 9.17) is 4.74 Å². The molecule has 0 spiro atoms. The van der Waals surface area contributed by atoms with Crippen LogP contribution in [0.3, 0.4) is 0 Å². The summed E-state index contributed by atoms with van der Waals surface area (Å²) in [6, 6.07) is 22.3. The van der Waals surface area contributed by atoms with Crippen LogP contribution in [-0.4, -0.2) is 11.6 Å². The molecule has 0 aromatic heterocycles. The molecule has 5 aliphatic carbocycles. The zero-order chi connectivity index (χ0) is 24.4. The highest BCUT2D eigenvalue weighted by molar-refractivity contribution is 5.76. The number of ether oxygens (including phenoxy) is 1. The fourth-order valence-corrected chi connectivity index (χ4v) is 8.70. The van der Waals surface area contributed by atoms with E-state index in [9.17, 15) is 4.79 Å². The number of hydrogen-bond donors (Lipinski definition) is 0. The smallest absolute Gasteiger partial charge is 0.311 e. The van der Waals surface area contributed by atoms with Gasteiger partial charge in [-0.1, -0.05) is 85.0 Å². The third-order valence-electron chi connectivity index (χ3n) is 9.51. The lowest BCUT2D eigenvalue weighted by molar-refractivity contribution is -0.226. The minimum absolute atomic E-state index is 0.0129. The van der Waals surface area contributed by atoms with Crippen molar-refractivity contribution in [2.75, 3.05) is 0 Å². The number of esters is 1. The van der Waals surface area contributed by atoms with Gasteiger partial charge in [-0.3, -0.25) is 4.79 Å². The summed E-state index contributed by atoms with van der Waals surface area (Å²) in [5.74, 6) is 0.424. The third kappa shape index (κ3) is 3.63. The molecule has 3 atom stereocenters. The van der Waals surface area contributed by atoms with Crippen molar-refractivity contribution < 1.29 is 9.53 Å². The summed E-state index contributed by atoms with van der Waals surface area (Å²) in [6.07, 6.45) is 16.6. The predicted molar refractivity (Wildman–Crippen MR) is 141 cm³/mol. The van der Waals surface area contributed by atoms with Crippen molar-refractivity contribution in [2.45, 2.75) is 82.1 Å². The maximum absolute atomic E-state index is 13.5. The van der Waals surface area contributed by atoms with Gasteiger partial charge in [-0.15, -0.1) is 0 Å². The first kappa shape index (κ1) is 22.8. The average molecular weight is 467 g/mol. The van der Waals surface area contributed by atoms with Crippen LogP contribution in [0.5, 0.6) is 0 Å². The minimum Gasteiger partial charge on any atom is -0.459 e. The van der Waals surface area contributed by atoms with Gasteiger partial charge in [0.25, 0.3) is 0 Å². The van der Waals surface area contributed by atoms with E-state index in [0.29, 0.717) is 5.92 Å². The SMILES string of the molecule is CC(C)(C)C(=O)OC12CC3(c4ccccc4)CC(c4ccccc4)(C1)CC(C1C=CC=CC1)(C2)C3. The predicted octanol–water partition coefficient (Wildman–Crippen LogP) is 7.69. The van der Waals surface area contributed by atoms with Crippen molar-refractivity contribution in [1.82, 2.24) is 0 Å². The highest BCUT2D eigenvalue weighted by atomic mass is 16.6. The topological polar surface area (TPSA) is 26.3 Å². The van der Waals surface area contributed by atoms with E-state index in [1.54, 1.807) is 0 Å². The van der Waals surface area contributed by atoms with Crippen molar-refractivity contribution in [3.63, 3.8) is 0 Å². The molecule has 2 heteroatoms. The Balaban J connectivity index is 1.56. The van der Waals surface area contributed by atoms with Crippen LogP contribution < -0.4 is 0 Å². The van der Waals surface area contributed by atoms with Gasteiger partial charge >= 0.3 is 5.97 Å². The molecule has 2 nitrogen and oxygen atoms in total.